The van der Waals surface area contributed by atoms with Crippen LogP contribution in [0.5, 0.6) is 0 Å². The second-order valence-electron chi connectivity index (χ2n) is 5.51. The number of sulfonamides is 1. The van der Waals surface area contributed by atoms with E-state index in [1.165, 1.54) is 7.11 Å². The molecule has 0 saturated carbocycles. The molecule has 25 heavy (non-hydrogen) atoms. The summed E-state index contributed by atoms with van der Waals surface area (Å²) in [5, 5.41) is 0. The van der Waals surface area contributed by atoms with Gasteiger partial charge in [-0.1, -0.05) is 65.1 Å². The van der Waals surface area contributed by atoms with Crippen molar-refractivity contribution in [2.75, 3.05) is 13.4 Å². The molecule has 0 radical (unpaired) electrons. The highest BCUT2D eigenvalue weighted by atomic mass is 32.2. The standard InChI is InChI=1S/C18H21NO5S/c1-23-18(20)17(13-15-9-5-3-6-10-15)19(25(2,21)22)24-14-16-11-7-4-8-12-16/h3-12,17H,13-14H2,1-2H3/t17-/m0/s1. The van der Waals surface area contributed by atoms with Crippen LogP contribution in [0.15, 0.2) is 60.7 Å². The van der Waals surface area contributed by atoms with Gasteiger partial charge in [-0.2, -0.15) is 0 Å². The summed E-state index contributed by atoms with van der Waals surface area (Å²) in [5.74, 6) is -0.678. The van der Waals surface area contributed by atoms with Crippen LogP contribution in [-0.2, 0) is 37.4 Å². The highest BCUT2D eigenvalue weighted by Crippen LogP contribution is 2.16. The Labute approximate surface area is 148 Å². The van der Waals surface area contributed by atoms with Gasteiger partial charge < -0.3 is 4.74 Å². The second kappa shape index (κ2) is 8.75. The van der Waals surface area contributed by atoms with Gasteiger partial charge in [0, 0.05) is 6.42 Å². The van der Waals surface area contributed by atoms with Crippen LogP contribution in [0.3, 0.4) is 0 Å². The van der Waals surface area contributed by atoms with Crippen molar-refractivity contribution in [3.8, 4) is 0 Å². The predicted molar refractivity (Wildman–Crippen MR) is 93.9 cm³/mol. The predicted octanol–water partition coefficient (Wildman–Crippen LogP) is 2.16. The summed E-state index contributed by atoms with van der Waals surface area (Å²) >= 11 is 0. The van der Waals surface area contributed by atoms with Crippen molar-refractivity contribution in [2.24, 2.45) is 0 Å². The van der Waals surface area contributed by atoms with E-state index in [-0.39, 0.29) is 13.0 Å². The normalized spacial score (nSPS) is 12.8. The first-order valence-corrected chi connectivity index (χ1v) is 9.54. The fourth-order valence-electron chi connectivity index (χ4n) is 2.35. The Balaban J connectivity index is 2.25. The first-order valence-electron chi connectivity index (χ1n) is 7.70. The highest BCUT2D eigenvalue weighted by molar-refractivity contribution is 7.88. The smallest absolute Gasteiger partial charge is 0.327 e. The molecular formula is C18H21NO5S. The molecule has 0 fully saturated rings. The fourth-order valence-corrected chi connectivity index (χ4v) is 3.21. The molecule has 0 bridgehead atoms. The minimum atomic E-state index is -3.80. The number of nitrogens with zero attached hydrogens (tertiary/aromatic N) is 1. The van der Waals surface area contributed by atoms with Gasteiger partial charge in [0.2, 0.25) is 10.0 Å². The van der Waals surface area contributed by atoms with Crippen LogP contribution >= 0.6 is 0 Å². The van der Waals surface area contributed by atoms with Gasteiger partial charge >= 0.3 is 5.97 Å². The van der Waals surface area contributed by atoms with Crippen LogP contribution in [0.4, 0.5) is 0 Å². The van der Waals surface area contributed by atoms with E-state index in [1.807, 2.05) is 60.7 Å². The Morgan fingerprint density at radius 2 is 1.52 bits per heavy atom. The number of ether oxygens (including phenoxy) is 1. The molecule has 134 valence electrons. The maximum Gasteiger partial charge on any atom is 0.327 e. The van der Waals surface area contributed by atoms with Crippen molar-refractivity contribution in [1.29, 1.82) is 0 Å². The van der Waals surface area contributed by atoms with E-state index < -0.39 is 22.0 Å². The van der Waals surface area contributed by atoms with Crippen molar-refractivity contribution in [3.63, 3.8) is 0 Å². The van der Waals surface area contributed by atoms with Crippen LogP contribution in [0.1, 0.15) is 11.1 Å². The molecule has 0 N–H and O–H groups in total. The van der Waals surface area contributed by atoms with Crippen LogP contribution in [0.25, 0.3) is 0 Å². The second-order valence-corrected chi connectivity index (χ2v) is 7.33. The van der Waals surface area contributed by atoms with E-state index >= 15 is 0 Å². The number of esters is 1. The number of hydrogen-bond acceptors (Lipinski definition) is 5. The molecule has 2 rings (SSSR count). The van der Waals surface area contributed by atoms with E-state index in [0.717, 1.165) is 21.9 Å². The maximum absolute atomic E-state index is 12.2. The third kappa shape index (κ3) is 5.67. The first kappa shape index (κ1) is 19.1. The number of benzene rings is 2. The van der Waals surface area contributed by atoms with Crippen LogP contribution in [0.2, 0.25) is 0 Å². The molecule has 0 aliphatic carbocycles. The molecule has 2 aromatic rings. The number of hydrogen-bond donors (Lipinski definition) is 0. The number of carbonyl (C=O) groups is 1. The monoisotopic (exact) mass is 363 g/mol. The zero-order valence-corrected chi connectivity index (χ0v) is 15.0. The third-order valence-electron chi connectivity index (χ3n) is 3.53. The lowest BCUT2D eigenvalue weighted by Crippen LogP contribution is -2.46. The molecule has 6 nitrogen and oxygen atoms in total. The van der Waals surface area contributed by atoms with E-state index in [2.05, 4.69) is 0 Å². The Kier molecular flexibility index (Phi) is 6.69. The van der Waals surface area contributed by atoms with Crippen LogP contribution in [0, 0.1) is 0 Å². The lowest BCUT2D eigenvalue weighted by atomic mass is 10.1. The summed E-state index contributed by atoms with van der Waals surface area (Å²) in [7, 11) is -2.58. The van der Waals surface area contributed by atoms with E-state index in [0.29, 0.717) is 0 Å². The van der Waals surface area contributed by atoms with E-state index in [9.17, 15) is 13.2 Å². The molecule has 0 saturated heterocycles. The van der Waals surface area contributed by atoms with Gasteiger partial charge in [0.05, 0.1) is 20.0 Å². The lowest BCUT2D eigenvalue weighted by Gasteiger charge is -2.27. The minimum absolute atomic E-state index is 0.0240. The van der Waals surface area contributed by atoms with Crippen LogP contribution in [-0.4, -0.2) is 38.3 Å². The summed E-state index contributed by atoms with van der Waals surface area (Å²) in [5.41, 5.74) is 1.59. The first-order chi connectivity index (χ1) is 11.9. The Morgan fingerprint density at radius 3 is 2.00 bits per heavy atom. The Hall–Kier alpha value is -2.22. The number of hydroxylamine groups is 1. The summed E-state index contributed by atoms with van der Waals surface area (Å²) in [4.78, 5) is 17.7. The van der Waals surface area contributed by atoms with Gasteiger partial charge in [0.25, 0.3) is 0 Å². The lowest BCUT2D eigenvalue weighted by molar-refractivity contribution is -0.168. The van der Waals surface area contributed by atoms with E-state index in [1.54, 1.807) is 0 Å². The summed E-state index contributed by atoms with van der Waals surface area (Å²) < 4.78 is 29.9. The Bertz CT molecular complexity index is 778. The Morgan fingerprint density at radius 1 is 1.00 bits per heavy atom. The topological polar surface area (TPSA) is 72.9 Å². The number of rotatable bonds is 8. The summed E-state index contributed by atoms with van der Waals surface area (Å²) in [6, 6.07) is 17.1. The molecule has 0 amide bonds. The van der Waals surface area contributed by atoms with Crippen molar-refractivity contribution in [1.82, 2.24) is 4.47 Å². The maximum atomic E-state index is 12.2. The molecule has 0 aliphatic heterocycles. The van der Waals surface area contributed by atoms with Crippen molar-refractivity contribution in [3.05, 3.63) is 71.8 Å². The zero-order valence-electron chi connectivity index (χ0n) is 14.2. The fraction of sp³-hybridized carbons (Fsp3) is 0.278. The molecule has 0 spiro atoms. The largest absolute Gasteiger partial charge is 0.468 e. The SMILES string of the molecule is COC(=O)[C@H](Cc1ccccc1)N(OCc1ccccc1)S(C)(=O)=O. The molecule has 1 atom stereocenters. The van der Waals surface area contributed by atoms with Crippen molar-refractivity contribution >= 4 is 16.0 Å². The van der Waals surface area contributed by atoms with Gasteiger partial charge in [-0.05, 0) is 11.1 Å². The number of carbonyl (C=O) groups excluding carboxylic acids is 1. The zero-order chi connectivity index (χ0) is 18.3. The molecule has 7 heteroatoms. The molecule has 0 unspecified atom stereocenters. The number of methoxy groups -OCH3 is 1. The molecule has 2 aromatic carbocycles. The average molecular weight is 363 g/mol. The van der Waals surface area contributed by atoms with Gasteiger partial charge in [0.1, 0.15) is 0 Å². The minimum Gasteiger partial charge on any atom is -0.468 e. The van der Waals surface area contributed by atoms with E-state index in [4.69, 9.17) is 9.57 Å². The quantitative estimate of drug-likeness (QED) is 0.531. The average Bonchev–Trinajstić information content (AvgIpc) is 2.61. The van der Waals surface area contributed by atoms with Crippen molar-refractivity contribution in [2.45, 2.75) is 19.1 Å². The van der Waals surface area contributed by atoms with Gasteiger partial charge in [0.15, 0.2) is 6.04 Å². The summed E-state index contributed by atoms with van der Waals surface area (Å²) in [6.07, 6.45) is 1.15. The highest BCUT2D eigenvalue weighted by Gasteiger charge is 2.35. The van der Waals surface area contributed by atoms with Crippen molar-refractivity contribution < 1.29 is 22.8 Å². The van der Waals surface area contributed by atoms with Crippen LogP contribution < -0.4 is 0 Å². The van der Waals surface area contributed by atoms with Gasteiger partial charge in [-0.15, -0.1) is 0 Å². The molecular weight excluding hydrogens is 342 g/mol. The van der Waals surface area contributed by atoms with Gasteiger partial charge in [-0.3, -0.25) is 9.63 Å². The van der Waals surface area contributed by atoms with Gasteiger partial charge in [-0.25, -0.2) is 8.42 Å². The molecule has 0 heterocycles. The molecule has 0 aliphatic rings. The summed E-state index contributed by atoms with van der Waals surface area (Å²) in [6.45, 7) is 0.0240. The third-order valence-corrected chi connectivity index (χ3v) is 4.54. The molecule has 0 aromatic heterocycles.